The van der Waals surface area contributed by atoms with E-state index in [9.17, 15) is 14.5 Å². The summed E-state index contributed by atoms with van der Waals surface area (Å²) in [7, 11) is 0. The highest BCUT2D eigenvalue weighted by Gasteiger charge is 2.42. The molecule has 0 saturated carbocycles. The summed E-state index contributed by atoms with van der Waals surface area (Å²) in [5.74, 6) is 0.848. The first-order valence-corrected chi connectivity index (χ1v) is 10.5. The highest BCUT2D eigenvalue weighted by molar-refractivity contribution is 7.80. The standard InChI is InChI=1S/C24H17FN4O3S/c25-16-6-10-17(11-7-16)28-23(22(27-24(28)33)19-3-1-2-14-26-19)21-13-12-20(32-21)15-4-8-18(9-5-15)29(30)31/h1-14,22-23H,(H,27,33)/t22-,23-/m1/s1. The van der Waals surface area contributed by atoms with E-state index in [0.29, 0.717) is 27.9 Å². The molecule has 5 rings (SSSR count). The van der Waals surface area contributed by atoms with Gasteiger partial charge in [0.2, 0.25) is 0 Å². The number of aromatic nitrogens is 1. The largest absolute Gasteiger partial charge is 0.459 e. The lowest BCUT2D eigenvalue weighted by Crippen LogP contribution is -2.29. The second-order valence-electron chi connectivity index (χ2n) is 7.48. The van der Waals surface area contributed by atoms with Crippen LogP contribution in [0.2, 0.25) is 0 Å². The molecule has 0 radical (unpaired) electrons. The molecule has 0 spiro atoms. The number of nitrogens with one attached hydrogen (secondary N) is 1. The molecule has 9 heteroatoms. The van der Waals surface area contributed by atoms with Crippen molar-refractivity contribution in [2.45, 2.75) is 12.1 Å². The molecule has 4 aromatic rings. The fourth-order valence-corrected chi connectivity index (χ4v) is 4.28. The lowest BCUT2D eigenvalue weighted by atomic mass is 10.0. The van der Waals surface area contributed by atoms with Crippen molar-refractivity contribution in [2.24, 2.45) is 0 Å². The van der Waals surface area contributed by atoms with Crippen molar-refractivity contribution in [3.63, 3.8) is 0 Å². The average molecular weight is 460 g/mol. The Morgan fingerprint density at radius 2 is 1.79 bits per heavy atom. The normalized spacial score (nSPS) is 17.7. The molecule has 0 bridgehead atoms. The minimum absolute atomic E-state index is 0.00794. The molecule has 1 N–H and O–H groups in total. The first-order valence-electron chi connectivity index (χ1n) is 10.1. The van der Waals surface area contributed by atoms with Crippen LogP contribution in [0.5, 0.6) is 0 Å². The minimum Gasteiger partial charge on any atom is -0.459 e. The summed E-state index contributed by atoms with van der Waals surface area (Å²) in [5.41, 5.74) is 2.21. The van der Waals surface area contributed by atoms with E-state index >= 15 is 0 Å². The van der Waals surface area contributed by atoms with Crippen LogP contribution in [0.1, 0.15) is 23.5 Å². The van der Waals surface area contributed by atoms with Crippen LogP contribution in [-0.4, -0.2) is 15.0 Å². The Bertz CT molecular complexity index is 1310. The van der Waals surface area contributed by atoms with Gasteiger partial charge in [0.25, 0.3) is 5.69 Å². The van der Waals surface area contributed by atoms with E-state index in [4.69, 9.17) is 16.6 Å². The molecular weight excluding hydrogens is 443 g/mol. The minimum atomic E-state index is -0.444. The van der Waals surface area contributed by atoms with Crippen LogP contribution < -0.4 is 10.2 Å². The molecule has 33 heavy (non-hydrogen) atoms. The maximum Gasteiger partial charge on any atom is 0.269 e. The van der Waals surface area contributed by atoms with Crippen molar-refractivity contribution < 1.29 is 13.7 Å². The fourth-order valence-electron chi connectivity index (χ4n) is 3.94. The molecule has 1 aliphatic rings. The van der Waals surface area contributed by atoms with Crippen LogP contribution in [-0.2, 0) is 0 Å². The van der Waals surface area contributed by atoms with Gasteiger partial charge in [-0.2, -0.15) is 0 Å². The number of nitro groups is 1. The third-order valence-electron chi connectivity index (χ3n) is 5.48. The van der Waals surface area contributed by atoms with Gasteiger partial charge in [-0.05, 0) is 72.9 Å². The molecule has 0 aliphatic carbocycles. The van der Waals surface area contributed by atoms with E-state index in [0.717, 1.165) is 5.69 Å². The molecule has 0 amide bonds. The summed E-state index contributed by atoms with van der Waals surface area (Å²) in [5, 5.41) is 14.7. The molecule has 1 saturated heterocycles. The Hall–Kier alpha value is -4.11. The van der Waals surface area contributed by atoms with Gasteiger partial charge in [-0.15, -0.1) is 0 Å². The molecule has 2 aromatic carbocycles. The number of halogens is 1. The van der Waals surface area contributed by atoms with Gasteiger partial charge < -0.3 is 14.6 Å². The number of nitrogens with zero attached hydrogens (tertiary/aromatic N) is 3. The summed E-state index contributed by atoms with van der Waals surface area (Å²) >= 11 is 5.64. The number of furan rings is 1. The zero-order valence-corrected chi connectivity index (χ0v) is 17.9. The van der Waals surface area contributed by atoms with E-state index in [1.807, 2.05) is 35.2 Å². The van der Waals surface area contributed by atoms with Crippen LogP contribution in [0, 0.1) is 15.9 Å². The Balaban J connectivity index is 1.56. The predicted octanol–water partition coefficient (Wildman–Crippen LogP) is 5.57. The topological polar surface area (TPSA) is 84.4 Å². The second-order valence-corrected chi connectivity index (χ2v) is 7.87. The number of pyridine rings is 1. The van der Waals surface area contributed by atoms with Crippen molar-refractivity contribution in [3.8, 4) is 11.3 Å². The number of non-ortho nitro benzene ring substituents is 1. The number of hydrogen-bond acceptors (Lipinski definition) is 5. The Morgan fingerprint density at radius 3 is 2.45 bits per heavy atom. The quantitative estimate of drug-likeness (QED) is 0.237. The monoisotopic (exact) mass is 460 g/mol. The molecule has 7 nitrogen and oxygen atoms in total. The van der Waals surface area contributed by atoms with E-state index in [2.05, 4.69) is 10.3 Å². The average Bonchev–Trinajstić information content (AvgIpc) is 3.45. The number of thiocarbonyl (C=S) groups is 1. The van der Waals surface area contributed by atoms with E-state index in [-0.39, 0.29) is 23.6 Å². The van der Waals surface area contributed by atoms with Gasteiger partial charge in [-0.3, -0.25) is 15.1 Å². The highest BCUT2D eigenvalue weighted by atomic mass is 32.1. The van der Waals surface area contributed by atoms with Crippen LogP contribution in [0.25, 0.3) is 11.3 Å². The Labute approximate surface area is 193 Å². The molecular formula is C24H17FN4O3S. The maximum absolute atomic E-state index is 13.6. The Kier molecular flexibility index (Phi) is 5.31. The summed E-state index contributed by atoms with van der Waals surface area (Å²) < 4.78 is 19.8. The van der Waals surface area contributed by atoms with E-state index < -0.39 is 4.92 Å². The highest BCUT2D eigenvalue weighted by Crippen LogP contribution is 2.42. The SMILES string of the molecule is O=[N+]([O-])c1ccc(-c2ccc([C@@H]3[C@@H](c4ccccn4)NC(=S)N3c3ccc(F)cc3)o2)cc1. The van der Waals surface area contributed by atoms with Gasteiger partial charge in [0, 0.05) is 29.6 Å². The summed E-state index contributed by atoms with van der Waals surface area (Å²) in [4.78, 5) is 16.9. The van der Waals surface area contributed by atoms with Crippen molar-refractivity contribution in [2.75, 3.05) is 4.90 Å². The number of nitro benzene ring substituents is 1. The van der Waals surface area contributed by atoms with Gasteiger partial charge in [-0.1, -0.05) is 6.07 Å². The summed E-state index contributed by atoms with van der Waals surface area (Å²) in [6, 6.07) is 20.9. The predicted molar refractivity (Wildman–Crippen MR) is 125 cm³/mol. The van der Waals surface area contributed by atoms with Gasteiger partial charge in [0.05, 0.1) is 16.7 Å². The van der Waals surface area contributed by atoms with Crippen molar-refractivity contribution in [1.82, 2.24) is 10.3 Å². The first-order chi connectivity index (χ1) is 16.0. The van der Waals surface area contributed by atoms with Crippen molar-refractivity contribution in [1.29, 1.82) is 0 Å². The zero-order chi connectivity index (χ0) is 22.9. The van der Waals surface area contributed by atoms with Gasteiger partial charge in [0.1, 0.15) is 23.4 Å². The molecule has 3 heterocycles. The smallest absolute Gasteiger partial charge is 0.269 e. The lowest BCUT2D eigenvalue weighted by Gasteiger charge is -2.26. The number of anilines is 1. The maximum atomic E-state index is 13.6. The third-order valence-corrected chi connectivity index (χ3v) is 5.80. The van der Waals surface area contributed by atoms with Gasteiger partial charge in [-0.25, -0.2) is 4.39 Å². The second kappa shape index (κ2) is 8.44. The van der Waals surface area contributed by atoms with E-state index in [1.165, 1.54) is 24.3 Å². The molecule has 2 aromatic heterocycles. The van der Waals surface area contributed by atoms with Crippen LogP contribution in [0.4, 0.5) is 15.8 Å². The Morgan fingerprint density at radius 1 is 1.03 bits per heavy atom. The van der Waals surface area contributed by atoms with Crippen LogP contribution >= 0.6 is 12.2 Å². The van der Waals surface area contributed by atoms with Crippen LogP contribution in [0.15, 0.2) is 89.5 Å². The number of rotatable bonds is 5. The third kappa shape index (κ3) is 3.94. The van der Waals surface area contributed by atoms with Crippen molar-refractivity contribution in [3.05, 3.63) is 112 Å². The molecule has 164 valence electrons. The van der Waals surface area contributed by atoms with Gasteiger partial charge in [0.15, 0.2) is 5.11 Å². The molecule has 1 aliphatic heterocycles. The molecule has 2 atom stereocenters. The van der Waals surface area contributed by atoms with Crippen molar-refractivity contribution >= 4 is 28.7 Å². The summed E-state index contributed by atoms with van der Waals surface area (Å²) in [6.07, 6.45) is 1.71. The van der Waals surface area contributed by atoms with Crippen LogP contribution in [0.3, 0.4) is 0 Å². The summed E-state index contributed by atoms with van der Waals surface area (Å²) in [6.45, 7) is 0. The number of benzene rings is 2. The zero-order valence-electron chi connectivity index (χ0n) is 17.1. The number of hydrogen-bond donors (Lipinski definition) is 1. The van der Waals surface area contributed by atoms with E-state index in [1.54, 1.807) is 30.5 Å². The molecule has 0 unspecified atom stereocenters. The fraction of sp³-hybridized carbons (Fsp3) is 0.0833. The van der Waals surface area contributed by atoms with Gasteiger partial charge >= 0.3 is 0 Å². The molecule has 1 fully saturated rings. The lowest BCUT2D eigenvalue weighted by molar-refractivity contribution is -0.384. The first kappa shape index (κ1) is 20.8.